The van der Waals surface area contributed by atoms with Crippen molar-refractivity contribution in [2.75, 3.05) is 13.2 Å². The van der Waals surface area contributed by atoms with Crippen LogP contribution in [0.2, 0.25) is 5.02 Å². The lowest BCUT2D eigenvalue weighted by Crippen LogP contribution is -2.54. The molecule has 3 rings (SSSR count). The Hall–Kier alpha value is -2.79. The molecule has 2 unspecified atom stereocenters. The van der Waals surface area contributed by atoms with E-state index in [1.165, 1.54) is 12.1 Å². The number of benzene rings is 1. The van der Waals surface area contributed by atoms with Crippen LogP contribution in [0, 0.1) is 5.82 Å². The Kier molecular flexibility index (Phi) is 7.62. The molecule has 1 aliphatic heterocycles. The minimum absolute atomic E-state index is 0.00723. The third-order valence-electron chi connectivity index (χ3n) is 4.73. The molecule has 1 aliphatic rings. The summed E-state index contributed by atoms with van der Waals surface area (Å²) in [6, 6.07) is 5.01. The van der Waals surface area contributed by atoms with Gasteiger partial charge in [0.05, 0.1) is 17.6 Å². The summed E-state index contributed by atoms with van der Waals surface area (Å²) in [5.41, 5.74) is 0. The van der Waals surface area contributed by atoms with Crippen LogP contribution in [0.15, 0.2) is 34.7 Å². The van der Waals surface area contributed by atoms with E-state index in [0.29, 0.717) is 19.4 Å². The summed E-state index contributed by atoms with van der Waals surface area (Å²) >= 11 is 5.58. The third-order valence-corrected chi connectivity index (χ3v) is 5.04. The molecule has 0 spiro atoms. The highest BCUT2D eigenvalue weighted by Crippen LogP contribution is 2.30. The second kappa shape index (κ2) is 10.2. The second-order valence-corrected chi connectivity index (χ2v) is 7.56. The van der Waals surface area contributed by atoms with Gasteiger partial charge in [-0.2, -0.15) is 13.2 Å². The predicted octanol–water partition coefficient (Wildman–Crippen LogP) is 3.02. The first kappa shape index (κ1) is 23.9. The van der Waals surface area contributed by atoms with Crippen LogP contribution in [-0.4, -0.2) is 37.0 Å². The number of rotatable bonds is 7. The van der Waals surface area contributed by atoms with Gasteiger partial charge >= 0.3 is 6.18 Å². The number of hydrogen-bond acceptors (Lipinski definition) is 5. The molecule has 0 saturated carbocycles. The Bertz CT molecular complexity index is 959. The number of alkyl halides is 3. The van der Waals surface area contributed by atoms with Crippen LogP contribution in [0.25, 0.3) is 0 Å². The van der Waals surface area contributed by atoms with Crippen molar-refractivity contribution in [3.63, 3.8) is 0 Å². The topological polar surface area (TPSA) is 92.6 Å². The SMILES string of the molecule is O=C(COc1ccc(Cl)c(F)c1)NC1CCC(C(=O)NCc2ccc(C(F)(F)F)o2)NC1. The van der Waals surface area contributed by atoms with E-state index in [1.54, 1.807) is 0 Å². The Balaban J connectivity index is 1.36. The number of piperidine rings is 1. The van der Waals surface area contributed by atoms with Crippen LogP contribution in [-0.2, 0) is 22.3 Å². The van der Waals surface area contributed by atoms with E-state index in [4.69, 9.17) is 16.3 Å². The van der Waals surface area contributed by atoms with Crippen molar-refractivity contribution < 1.29 is 36.3 Å². The Labute approximate surface area is 185 Å². The molecule has 1 fully saturated rings. The van der Waals surface area contributed by atoms with Gasteiger partial charge in [0.1, 0.15) is 17.3 Å². The third kappa shape index (κ3) is 6.60. The highest BCUT2D eigenvalue weighted by Gasteiger charge is 2.35. The fraction of sp³-hybridized carbons (Fsp3) is 0.400. The van der Waals surface area contributed by atoms with Gasteiger partial charge in [0.15, 0.2) is 6.61 Å². The van der Waals surface area contributed by atoms with Crippen LogP contribution in [0.5, 0.6) is 5.75 Å². The van der Waals surface area contributed by atoms with Gasteiger partial charge in [0.25, 0.3) is 5.91 Å². The maximum Gasteiger partial charge on any atom is 0.449 e. The minimum atomic E-state index is -4.58. The van der Waals surface area contributed by atoms with Crippen LogP contribution in [0.3, 0.4) is 0 Å². The lowest BCUT2D eigenvalue weighted by Gasteiger charge is -2.29. The fourth-order valence-corrected chi connectivity index (χ4v) is 3.23. The van der Waals surface area contributed by atoms with Gasteiger partial charge in [0, 0.05) is 18.7 Å². The van der Waals surface area contributed by atoms with Gasteiger partial charge in [-0.05, 0) is 37.1 Å². The van der Waals surface area contributed by atoms with Crippen LogP contribution >= 0.6 is 11.6 Å². The number of carbonyl (C=O) groups is 2. The number of carbonyl (C=O) groups excluding carboxylic acids is 2. The zero-order valence-electron chi connectivity index (χ0n) is 16.6. The number of furan rings is 1. The number of amides is 2. The summed E-state index contributed by atoms with van der Waals surface area (Å²) in [7, 11) is 0. The standard InChI is InChI=1S/C20H20ClF4N3O4/c21-14-4-2-12(7-15(14)22)31-10-18(29)28-11-1-5-16(26-8-11)19(30)27-9-13-3-6-17(32-13)20(23,24)25/h2-4,6-7,11,16,26H,1,5,8-10H2,(H,27,30)(H,28,29). The van der Waals surface area contributed by atoms with Crippen LogP contribution in [0.1, 0.15) is 24.4 Å². The molecule has 2 atom stereocenters. The average molecular weight is 478 g/mol. The van der Waals surface area contributed by atoms with Crippen molar-refractivity contribution in [2.24, 2.45) is 0 Å². The monoisotopic (exact) mass is 477 g/mol. The Morgan fingerprint density at radius 1 is 1.22 bits per heavy atom. The van der Waals surface area contributed by atoms with Crippen molar-refractivity contribution in [2.45, 2.75) is 37.6 Å². The summed E-state index contributed by atoms with van der Waals surface area (Å²) in [5.74, 6) is -2.41. The summed E-state index contributed by atoms with van der Waals surface area (Å²) in [4.78, 5) is 24.3. The van der Waals surface area contributed by atoms with Gasteiger partial charge in [-0.25, -0.2) is 4.39 Å². The van der Waals surface area contributed by atoms with Gasteiger partial charge in [-0.1, -0.05) is 11.6 Å². The second-order valence-electron chi connectivity index (χ2n) is 7.15. The van der Waals surface area contributed by atoms with Crippen LogP contribution < -0.4 is 20.7 Å². The number of ether oxygens (including phenoxy) is 1. The zero-order valence-corrected chi connectivity index (χ0v) is 17.4. The highest BCUT2D eigenvalue weighted by molar-refractivity contribution is 6.30. The summed E-state index contributed by atoms with van der Waals surface area (Å²) in [5, 5.41) is 8.21. The molecule has 1 saturated heterocycles. The number of halogens is 5. The molecule has 12 heteroatoms. The maximum absolute atomic E-state index is 13.4. The van der Waals surface area contributed by atoms with Gasteiger partial charge < -0.3 is 25.1 Å². The molecular weight excluding hydrogens is 458 g/mol. The normalized spacial score (nSPS) is 18.8. The van der Waals surface area contributed by atoms with E-state index in [2.05, 4.69) is 20.4 Å². The van der Waals surface area contributed by atoms with Crippen molar-refractivity contribution in [3.05, 3.63) is 52.7 Å². The molecule has 2 heterocycles. The molecule has 174 valence electrons. The Morgan fingerprint density at radius 3 is 2.62 bits per heavy atom. The zero-order chi connectivity index (χ0) is 23.3. The smallest absolute Gasteiger partial charge is 0.449 e. The summed E-state index contributed by atoms with van der Waals surface area (Å²) in [6.45, 7) is -0.168. The largest absolute Gasteiger partial charge is 0.484 e. The average Bonchev–Trinajstić information content (AvgIpc) is 3.23. The molecule has 3 N–H and O–H groups in total. The molecule has 0 bridgehead atoms. The summed E-state index contributed by atoms with van der Waals surface area (Å²) < 4.78 is 60.9. The molecule has 2 aromatic rings. The molecule has 32 heavy (non-hydrogen) atoms. The molecule has 2 amide bonds. The van der Waals surface area contributed by atoms with Crippen LogP contribution in [0.4, 0.5) is 17.6 Å². The Morgan fingerprint density at radius 2 is 2.00 bits per heavy atom. The van der Waals surface area contributed by atoms with E-state index >= 15 is 0 Å². The van der Waals surface area contributed by atoms with Crippen molar-refractivity contribution in [1.29, 1.82) is 0 Å². The molecule has 1 aromatic carbocycles. The van der Waals surface area contributed by atoms with E-state index in [1.807, 2.05) is 0 Å². The number of hydrogen-bond donors (Lipinski definition) is 3. The predicted molar refractivity (Wildman–Crippen MR) is 105 cm³/mol. The lowest BCUT2D eigenvalue weighted by atomic mass is 10.00. The lowest BCUT2D eigenvalue weighted by molar-refractivity contribution is -0.153. The molecule has 7 nitrogen and oxygen atoms in total. The minimum Gasteiger partial charge on any atom is -0.484 e. The molecule has 0 aliphatic carbocycles. The first-order valence-corrected chi connectivity index (χ1v) is 10.0. The maximum atomic E-state index is 13.4. The van der Waals surface area contributed by atoms with Crippen molar-refractivity contribution in [3.8, 4) is 5.75 Å². The first-order valence-electron chi connectivity index (χ1n) is 9.66. The summed E-state index contributed by atoms with van der Waals surface area (Å²) in [6.07, 6.45) is -3.67. The fourth-order valence-electron chi connectivity index (χ4n) is 3.11. The first-order chi connectivity index (χ1) is 15.1. The van der Waals surface area contributed by atoms with E-state index in [9.17, 15) is 27.2 Å². The van der Waals surface area contributed by atoms with Gasteiger partial charge in [0.2, 0.25) is 11.7 Å². The van der Waals surface area contributed by atoms with Crippen molar-refractivity contribution in [1.82, 2.24) is 16.0 Å². The van der Waals surface area contributed by atoms with E-state index in [-0.39, 0.29) is 41.6 Å². The number of nitrogens with one attached hydrogen (secondary N) is 3. The molecule has 0 radical (unpaired) electrons. The van der Waals surface area contributed by atoms with Gasteiger partial charge in [-0.15, -0.1) is 0 Å². The molecular formula is C20H20ClF4N3O4. The van der Waals surface area contributed by atoms with E-state index in [0.717, 1.165) is 18.2 Å². The quantitative estimate of drug-likeness (QED) is 0.533. The van der Waals surface area contributed by atoms with Gasteiger partial charge in [-0.3, -0.25) is 9.59 Å². The molecule has 1 aromatic heterocycles. The van der Waals surface area contributed by atoms with Crippen molar-refractivity contribution >= 4 is 23.4 Å². The highest BCUT2D eigenvalue weighted by atomic mass is 35.5. The van der Waals surface area contributed by atoms with E-state index < -0.39 is 29.7 Å².